The highest BCUT2D eigenvalue weighted by Gasteiger charge is 2.38. The lowest BCUT2D eigenvalue weighted by atomic mass is 9.79. The molecular formula is C13H19N3O2. The van der Waals surface area contributed by atoms with Gasteiger partial charge in [-0.25, -0.2) is 0 Å². The number of hydrogen-bond acceptors (Lipinski definition) is 4. The molecule has 1 aliphatic rings. The van der Waals surface area contributed by atoms with Gasteiger partial charge in [-0.2, -0.15) is 0 Å². The summed E-state index contributed by atoms with van der Waals surface area (Å²) < 4.78 is 5.29. The lowest BCUT2D eigenvalue weighted by Crippen LogP contribution is -2.49. The normalized spacial score (nSPS) is 18.3. The number of carbonyl (C=O) groups excluding carboxylic acids is 1. The van der Waals surface area contributed by atoms with Gasteiger partial charge in [0.15, 0.2) is 0 Å². The number of nitrogens with zero attached hydrogens (tertiary/aromatic N) is 1. The van der Waals surface area contributed by atoms with Crippen molar-refractivity contribution in [3.63, 3.8) is 0 Å². The second-order valence-electron chi connectivity index (χ2n) is 4.60. The minimum Gasteiger partial charge on any atom is -0.381 e. The third-order valence-corrected chi connectivity index (χ3v) is 3.48. The van der Waals surface area contributed by atoms with Gasteiger partial charge in [-0.15, -0.1) is 0 Å². The van der Waals surface area contributed by atoms with Gasteiger partial charge in [-0.1, -0.05) is 6.07 Å². The van der Waals surface area contributed by atoms with E-state index in [0.29, 0.717) is 39.1 Å². The molecule has 5 heteroatoms. The van der Waals surface area contributed by atoms with Gasteiger partial charge in [0.05, 0.1) is 17.7 Å². The van der Waals surface area contributed by atoms with E-state index in [2.05, 4.69) is 10.3 Å². The highest BCUT2D eigenvalue weighted by molar-refractivity contribution is 5.83. The van der Waals surface area contributed by atoms with Crippen LogP contribution < -0.4 is 11.1 Å². The average molecular weight is 249 g/mol. The standard InChI is InChI=1S/C13H19N3O2/c14-10-13(4-7-18-8-5-13)12(17)16-9-11-3-1-2-6-15-11/h1-3,6H,4-5,7-10,14H2,(H,16,17). The van der Waals surface area contributed by atoms with Gasteiger partial charge in [0.25, 0.3) is 0 Å². The van der Waals surface area contributed by atoms with Crippen molar-refractivity contribution in [2.75, 3.05) is 19.8 Å². The van der Waals surface area contributed by atoms with Crippen LogP contribution in [0.25, 0.3) is 0 Å². The Bertz CT molecular complexity index is 388. The Balaban J connectivity index is 1.94. The first-order valence-electron chi connectivity index (χ1n) is 6.23. The summed E-state index contributed by atoms with van der Waals surface area (Å²) in [6.07, 6.45) is 3.10. The van der Waals surface area contributed by atoms with E-state index >= 15 is 0 Å². The van der Waals surface area contributed by atoms with Crippen LogP contribution in [-0.2, 0) is 16.1 Å². The fourth-order valence-electron chi connectivity index (χ4n) is 2.15. The summed E-state index contributed by atoms with van der Waals surface area (Å²) in [5.41, 5.74) is 6.16. The molecule has 18 heavy (non-hydrogen) atoms. The Kier molecular flexibility index (Phi) is 4.28. The number of ether oxygens (including phenoxy) is 1. The minimum absolute atomic E-state index is 0.0129. The number of hydrogen-bond donors (Lipinski definition) is 2. The lowest BCUT2D eigenvalue weighted by Gasteiger charge is -2.34. The molecule has 2 rings (SSSR count). The number of pyridine rings is 1. The van der Waals surface area contributed by atoms with E-state index < -0.39 is 5.41 Å². The maximum atomic E-state index is 12.2. The van der Waals surface area contributed by atoms with Crippen molar-refractivity contribution in [1.82, 2.24) is 10.3 Å². The Hall–Kier alpha value is -1.46. The summed E-state index contributed by atoms with van der Waals surface area (Å²) in [5, 5.41) is 2.92. The summed E-state index contributed by atoms with van der Waals surface area (Å²) in [7, 11) is 0. The van der Waals surface area contributed by atoms with Crippen molar-refractivity contribution >= 4 is 5.91 Å². The van der Waals surface area contributed by atoms with Crippen molar-refractivity contribution in [2.45, 2.75) is 19.4 Å². The first-order chi connectivity index (χ1) is 8.77. The van der Waals surface area contributed by atoms with Crippen molar-refractivity contribution in [1.29, 1.82) is 0 Å². The largest absolute Gasteiger partial charge is 0.381 e. The maximum absolute atomic E-state index is 12.2. The highest BCUT2D eigenvalue weighted by atomic mass is 16.5. The van der Waals surface area contributed by atoms with E-state index in [-0.39, 0.29) is 5.91 Å². The van der Waals surface area contributed by atoms with Gasteiger partial charge in [0.2, 0.25) is 5.91 Å². The van der Waals surface area contributed by atoms with Crippen molar-refractivity contribution in [2.24, 2.45) is 11.1 Å². The number of carbonyl (C=O) groups is 1. The summed E-state index contributed by atoms with van der Waals surface area (Å²) in [6.45, 7) is 2.02. The number of aromatic nitrogens is 1. The molecule has 5 nitrogen and oxygen atoms in total. The number of amides is 1. The van der Waals surface area contributed by atoms with Crippen LogP contribution in [0.2, 0.25) is 0 Å². The Morgan fingerprint density at radius 3 is 2.83 bits per heavy atom. The molecule has 1 saturated heterocycles. The van der Waals surface area contributed by atoms with Crippen LogP contribution >= 0.6 is 0 Å². The fraction of sp³-hybridized carbons (Fsp3) is 0.538. The van der Waals surface area contributed by atoms with E-state index in [1.165, 1.54) is 0 Å². The van der Waals surface area contributed by atoms with Crippen LogP contribution in [-0.4, -0.2) is 30.6 Å². The van der Waals surface area contributed by atoms with Gasteiger partial charge in [-0.3, -0.25) is 9.78 Å². The zero-order valence-electron chi connectivity index (χ0n) is 10.4. The van der Waals surface area contributed by atoms with Gasteiger partial charge < -0.3 is 15.8 Å². The van der Waals surface area contributed by atoms with Crippen molar-refractivity contribution < 1.29 is 9.53 Å². The predicted molar refractivity (Wildman–Crippen MR) is 67.6 cm³/mol. The number of nitrogens with one attached hydrogen (secondary N) is 1. The molecule has 1 aliphatic heterocycles. The van der Waals surface area contributed by atoms with E-state index in [0.717, 1.165) is 5.69 Å². The molecular weight excluding hydrogens is 230 g/mol. The third kappa shape index (κ3) is 2.86. The lowest BCUT2D eigenvalue weighted by molar-refractivity contribution is -0.136. The second-order valence-corrected chi connectivity index (χ2v) is 4.60. The molecule has 0 unspecified atom stereocenters. The SMILES string of the molecule is NCC1(C(=O)NCc2ccccn2)CCOCC1. The van der Waals surface area contributed by atoms with E-state index in [9.17, 15) is 4.79 Å². The zero-order valence-corrected chi connectivity index (χ0v) is 10.4. The fourth-order valence-corrected chi connectivity index (χ4v) is 2.15. The predicted octanol–water partition coefficient (Wildman–Crippen LogP) is 0.453. The molecule has 1 aromatic heterocycles. The van der Waals surface area contributed by atoms with Crippen LogP contribution in [0.15, 0.2) is 24.4 Å². The minimum atomic E-state index is -0.465. The van der Waals surface area contributed by atoms with Crippen LogP contribution in [0.1, 0.15) is 18.5 Å². The highest BCUT2D eigenvalue weighted by Crippen LogP contribution is 2.29. The van der Waals surface area contributed by atoms with Crippen LogP contribution in [0.4, 0.5) is 0 Å². The first kappa shape index (κ1) is 13.0. The smallest absolute Gasteiger partial charge is 0.227 e. The summed E-state index contributed by atoms with van der Waals surface area (Å²) in [5.74, 6) is 0.0129. The molecule has 0 aliphatic carbocycles. The Morgan fingerprint density at radius 1 is 1.44 bits per heavy atom. The molecule has 2 heterocycles. The molecule has 0 spiro atoms. The molecule has 0 saturated carbocycles. The molecule has 3 N–H and O–H groups in total. The molecule has 0 bridgehead atoms. The van der Waals surface area contributed by atoms with E-state index in [1.807, 2.05) is 18.2 Å². The molecule has 98 valence electrons. The molecule has 1 amide bonds. The van der Waals surface area contributed by atoms with Crippen molar-refractivity contribution in [3.8, 4) is 0 Å². The van der Waals surface area contributed by atoms with Crippen LogP contribution in [0.3, 0.4) is 0 Å². The van der Waals surface area contributed by atoms with Gasteiger partial charge in [0, 0.05) is 26.0 Å². The quantitative estimate of drug-likeness (QED) is 0.812. The Morgan fingerprint density at radius 2 is 2.22 bits per heavy atom. The van der Waals surface area contributed by atoms with Gasteiger partial charge >= 0.3 is 0 Å². The molecule has 0 aromatic carbocycles. The average Bonchev–Trinajstić information content (AvgIpc) is 2.46. The summed E-state index contributed by atoms with van der Waals surface area (Å²) in [4.78, 5) is 16.4. The number of nitrogens with two attached hydrogens (primary N) is 1. The van der Waals surface area contributed by atoms with Gasteiger partial charge in [0.1, 0.15) is 0 Å². The monoisotopic (exact) mass is 249 g/mol. The van der Waals surface area contributed by atoms with E-state index in [1.54, 1.807) is 6.20 Å². The molecule has 1 aromatic rings. The molecule has 0 atom stereocenters. The summed E-state index contributed by atoms with van der Waals surface area (Å²) in [6, 6.07) is 5.65. The van der Waals surface area contributed by atoms with E-state index in [4.69, 9.17) is 10.5 Å². The van der Waals surface area contributed by atoms with Crippen LogP contribution in [0, 0.1) is 5.41 Å². The van der Waals surface area contributed by atoms with Gasteiger partial charge in [-0.05, 0) is 25.0 Å². The van der Waals surface area contributed by atoms with Crippen molar-refractivity contribution in [3.05, 3.63) is 30.1 Å². The third-order valence-electron chi connectivity index (χ3n) is 3.48. The Labute approximate surface area is 107 Å². The molecule has 0 radical (unpaired) electrons. The second kappa shape index (κ2) is 5.93. The molecule has 1 fully saturated rings. The van der Waals surface area contributed by atoms with Crippen LogP contribution in [0.5, 0.6) is 0 Å². The first-order valence-corrected chi connectivity index (χ1v) is 6.23. The zero-order chi connectivity index (χ0) is 12.8. The maximum Gasteiger partial charge on any atom is 0.227 e. The number of rotatable bonds is 4. The topological polar surface area (TPSA) is 77.2 Å². The summed E-state index contributed by atoms with van der Waals surface area (Å²) >= 11 is 0.